The third kappa shape index (κ3) is 5.51. The number of allylic oxidation sites excluding steroid dienone is 2. The molecule has 4 heteroatoms. The Kier molecular flexibility index (Phi) is 7.92. The molecule has 5 atom stereocenters. The predicted octanol–water partition coefficient (Wildman–Crippen LogP) is 5.42. The molecule has 1 unspecified atom stereocenters. The Morgan fingerprint density at radius 1 is 1.04 bits per heavy atom. The van der Waals surface area contributed by atoms with Crippen molar-refractivity contribution in [3.8, 4) is 0 Å². The number of carbonyl (C=O) groups is 1. The van der Waals surface area contributed by atoms with Crippen LogP contribution in [0.1, 0.15) is 83.5 Å². The van der Waals surface area contributed by atoms with Crippen molar-refractivity contribution in [1.29, 1.82) is 0 Å². The molecular weight excluding hydrogens is 344 g/mol. The van der Waals surface area contributed by atoms with Gasteiger partial charge < -0.3 is 10.2 Å². The summed E-state index contributed by atoms with van der Waals surface area (Å²) < 4.78 is 0. The van der Waals surface area contributed by atoms with Gasteiger partial charge in [0, 0.05) is 16.9 Å². The summed E-state index contributed by atoms with van der Waals surface area (Å²) >= 11 is 2.21. The topological polar surface area (TPSA) is 57.5 Å². The third-order valence-corrected chi connectivity index (χ3v) is 8.79. The molecule has 0 spiro atoms. The van der Waals surface area contributed by atoms with E-state index in [0.29, 0.717) is 5.92 Å². The van der Waals surface area contributed by atoms with E-state index < -0.39 is 5.97 Å². The predicted molar refractivity (Wildman–Crippen MR) is 108 cm³/mol. The molecule has 1 aliphatic carbocycles. The van der Waals surface area contributed by atoms with Crippen molar-refractivity contribution in [2.45, 2.75) is 100 Å². The van der Waals surface area contributed by atoms with Gasteiger partial charge in [-0.2, -0.15) is 11.8 Å². The lowest BCUT2D eigenvalue weighted by atomic mass is 9.74. The number of carboxylic acid groups (broad SMARTS) is 1. The highest BCUT2D eigenvalue weighted by atomic mass is 32.2. The van der Waals surface area contributed by atoms with E-state index in [1.807, 2.05) is 0 Å². The highest BCUT2D eigenvalue weighted by molar-refractivity contribution is 8.01. The zero-order valence-electron chi connectivity index (χ0n) is 16.0. The van der Waals surface area contributed by atoms with Crippen molar-refractivity contribution in [2.75, 3.05) is 0 Å². The van der Waals surface area contributed by atoms with Crippen molar-refractivity contribution >= 4 is 17.7 Å². The number of aliphatic carboxylic acids is 1. The molecule has 3 fully saturated rings. The first-order valence-electron chi connectivity index (χ1n) is 10.9. The second-order valence-electron chi connectivity index (χ2n) is 8.65. The quantitative estimate of drug-likeness (QED) is 0.392. The van der Waals surface area contributed by atoms with E-state index >= 15 is 0 Å². The number of rotatable bonds is 10. The minimum atomic E-state index is -0.695. The molecule has 0 radical (unpaired) electrons. The Morgan fingerprint density at radius 3 is 2.50 bits per heavy atom. The Morgan fingerprint density at radius 2 is 1.77 bits per heavy atom. The number of thioether (sulfide) groups is 1. The molecule has 148 valence electrons. The molecule has 0 aromatic rings. The van der Waals surface area contributed by atoms with Crippen LogP contribution in [-0.4, -0.2) is 32.8 Å². The first-order chi connectivity index (χ1) is 12.6. The largest absolute Gasteiger partial charge is 0.481 e. The van der Waals surface area contributed by atoms with Crippen LogP contribution in [0, 0.1) is 17.8 Å². The van der Waals surface area contributed by atoms with Gasteiger partial charge in [0.15, 0.2) is 0 Å². The van der Waals surface area contributed by atoms with Crippen LogP contribution in [0.4, 0.5) is 0 Å². The second kappa shape index (κ2) is 10.2. The van der Waals surface area contributed by atoms with Crippen LogP contribution in [0.5, 0.6) is 0 Å². The Balaban J connectivity index is 1.43. The van der Waals surface area contributed by atoms with Crippen molar-refractivity contribution in [2.24, 2.45) is 17.8 Å². The van der Waals surface area contributed by atoms with Gasteiger partial charge in [-0.05, 0) is 75.5 Å². The minimum absolute atomic E-state index is 0.0772. The van der Waals surface area contributed by atoms with Gasteiger partial charge in [0.05, 0.1) is 6.10 Å². The van der Waals surface area contributed by atoms with Gasteiger partial charge in [-0.1, -0.05) is 31.4 Å². The highest BCUT2D eigenvalue weighted by Gasteiger charge is 2.47. The van der Waals surface area contributed by atoms with Gasteiger partial charge in [-0.15, -0.1) is 0 Å². The number of aliphatic hydroxyl groups excluding tert-OH is 1. The molecule has 0 aromatic heterocycles. The Hall–Kier alpha value is -0.480. The Bertz CT molecular complexity index is 472. The summed E-state index contributed by atoms with van der Waals surface area (Å²) in [4.78, 5) is 10.6. The molecule has 3 aliphatic rings. The van der Waals surface area contributed by atoms with E-state index in [4.69, 9.17) is 5.11 Å². The van der Waals surface area contributed by atoms with E-state index in [1.54, 1.807) is 0 Å². The maximum atomic E-state index is 10.6. The standard InChI is InChI=1S/C22H36O3S/c23-19(16-8-4-3-5-9-16)13-12-18-17(20-14-15-21(18)26-20)10-6-1-2-7-11-22(24)25/h1,6,16-21,23H,2-5,7-15H2,(H,24,25)/b6-1-/t17-,18+,19?,20-,21+/m0/s1. The minimum Gasteiger partial charge on any atom is -0.481 e. The molecule has 0 aromatic carbocycles. The van der Waals surface area contributed by atoms with Gasteiger partial charge >= 0.3 is 5.97 Å². The summed E-state index contributed by atoms with van der Waals surface area (Å²) in [7, 11) is 0. The number of hydrogen-bond donors (Lipinski definition) is 2. The van der Waals surface area contributed by atoms with Gasteiger partial charge in [0.2, 0.25) is 0 Å². The first kappa shape index (κ1) is 20.3. The normalized spacial score (nSPS) is 33.1. The molecule has 0 amide bonds. The van der Waals surface area contributed by atoms with Crippen molar-refractivity contribution in [3.05, 3.63) is 12.2 Å². The van der Waals surface area contributed by atoms with Crippen LogP contribution in [0.25, 0.3) is 0 Å². The van der Waals surface area contributed by atoms with Crippen molar-refractivity contribution < 1.29 is 15.0 Å². The SMILES string of the molecule is O=C(O)CCC/C=C\C[C@H]1[C@@H](CCC(O)C2CCCCC2)[C@H]2CC[C@@H]1S2. The first-order valence-corrected chi connectivity index (χ1v) is 11.8. The zero-order chi connectivity index (χ0) is 18.4. The molecule has 26 heavy (non-hydrogen) atoms. The summed E-state index contributed by atoms with van der Waals surface area (Å²) in [5.74, 6) is 1.41. The average molecular weight is 381 g/mol. The van der Waals surface area contributed by atoms with Gasteiger partial charge in [0.25, 0.3) is 0 Å². The van der Waals surface area contributed by atoms with Crippen molar-refractivity contribution in [1.82, 2.24) is 0 Å². The van der Waals surface area contributed by atoms with Crippen LogP contribution < -0.4 is 0 Å². The lowest BCUT2D eigenvalue weighted by molar-refractivity contribution is -0.137. The van der Waals surface area contributed by atoms with Crippen LogP contribution >= 0.6 is 11.8 Å². The third-order valence-electron chi connectivity index (χ3n) is 6.92. The van der Waals surface area contributed by atoms with E-state index in [-0.39, 0.29) is 12.5 Å². The molecular formula is C22H36O3S. The van der Waals surface area contributed by atoms with E-state index in [0.717, 1.165) is 48.0 Å². The summed E-state index contributed by atoms with van der Waals surface area (Å²) in [6, 6.07) is 0. The van der Waals surface area contributed by atoms with Gasteiger partial charge in [-0.25, -0.2) is 0 Å². The van der Waals surface area contributed by atoms with E-state index in [2.05, 4.69) is 23.9 Å². The molecule has 1 saturated carbocycles. The lowest BCUT2D eigenvalue weighted by Gasteiger charge is -2.32. The van der Waals surface area contributed by atoms with Gasteiger partial charge in [0.1, 0.15) is 0 Å². The van der Waals surface area contributed by atoms with Crippen LogP contribution in [0.3, 0.4) is 0 Å². The summed E-state index contributed by atoms with van der Waals surface area (Å²) in [6.45, 7) is 0. The molecule has 2 saturated heterocycles. The number of unbranched alkanes of at least 4 members (excludes halogenated alkanes) is 1. The van der Waals surface area contributed by atoms with Crippen LogP contribution in [0.15, 0.2) is 12.2 Å². The molecule has 3 rings (SSSR count). The number of carboxylic acids is 1. The van der Waals surface area contributed by atoms with Crippen molar-refractivity contribution in [3.63, 3.8) is 0 Å². The maximum absolute atomic E-state index is 10.6. The number of hydrogen-bond acceptors (Lipinski definition) is 3. The summed E-state index contributed by atoms with van der Waals surface area (Å²) in [5, 5.41) is 21.0. The monoisotopic (exact) mass is 380 g/mol. The highest BCUT2D eigenvalue weighted by Crippen LogP contribution is 2.55. The Labute approximate surface area is 163 Å². The van der Waals surface area contributed by atoms with Crippen LogP contribution in [-0.2, 0) is 4.79 Å². The molecule has 3 nitrogen and oxygen atoms in total. The zero-order valence-corrected chi connectivity index (χ0v) is 16.8. The lowest BCUT2D eigenvalue weighted by Crippen LogP contribution is -2.29. The smallest absolute Gasteiger partial charge is 0.303 e. The maximum Gasteiger partial charge on any atom is 0.303 e. The molecule has 2 heterocycles. The second-order valence-corrected chi connectivity index (χ2v) is 10.1. The summed E-state index contributed by atoms with van der Waals surface area (Å²) in [6.07, 6.45) is 18.8. The number of aliphatic hydroxyl groups is 1. The van der Waals surface area contributed by atoms with E-state index in [1.165, 1.54) is 51.4 Å². The molecule has 2 bridgehead atoms. The fourth-order valence-corrected chi connectivity index (χ4v) is 7.51. The fraction of sp³-hybridized carbons (Fsp3) is 0.864. The average Bonchev–Trinajstić information content (AvgIpc) is 3.24. The fourth-order valence-electron chi connectivity index (χ4n) is 5.46. The molecule has 2 aliphatic heterocycles. The van der Waals surface area contributed by atoms with Crippen LogP contribution in [0.2, 0.25) is 0 Å². The summed E-state index contributed by atoms with van der Waals surface area (Å²) in [5.41, 5.74) is 0. The molecule has 2 N–H and O–H groups in total. The number of fused-ring (bicyclic) bond motifs is 2. The van der Waals surface area contributed by atoms with E-state index in [9.17, 15) is 9.90 Å². The van der Waals surface area contributed by atoms with Gasteiger partial charge in [-0.3, -0.25) is 4.79 Å².